The van der Waals surface area contributed by atoms with Gasteiger partial charge in [0.05, 0.1) is 5.92 Å². The fourth-order valence-corrected chi connectivity index (χ4v) is 3.76. The SMILES string of the molecule is CCN(C(=O)[C@@H]1CC(=O)N(C2CCCC2)C1)c1ccccc1. The number of amides is 2. The van der Waals surface area contributed by atoms with Crippen LogP contribution in [0, 0.1) is 5.92 Å². The van der Waals surface area contributed by atoms with Crippen molar-refractivity contribution < 1.29 is 9.59 Å². The topological polar surface area (TPSA) is 40.6 Å². The van der Waals surface area contributed by atoms with Gasteiger partial charge in [-0.1, -0.05) is 31.0 Å². The highest BCUT2D eigenvalue weighted by Crippen LogP contribution is 2.30. The standard InChI is InChI=1S/C18H24N2O2/c1-2-19(15-8-4-3-5-9-15)18(22)14-12-17(21)20(13-14)16-10-6-7-11-16/h3-5,8-9,14,16H,2,6-7,10-13H2,1H3/t14-/m1/s1. The molecule has 0 N–H and O–H groups in total. The Bertz CT molecular complexity index is 537. The maximum absolute atomic E-state index is 12.8. The number of hydrogen-bond acceptors (Lipinski definition) is 2. The van der Waals surface area contributed by atoms with Crippen LogP contribution in [0.2, 0.25) is 0 Å². The predicted octanol–water partition coefficient (Wildman–Crippen LogP) is 2.83. The summed E-state index contributed by atoms with van der Waals surface area (Å²) in [5.41, 5.74) is 0.918. The largest absolute Gasteiger partial charge is 0.339 e. The van der Waals surface area contributed by atoms with E-state index in [9.17, 15) is 9.59 Å². The van der Waals surface area contributed by atoms with Gasteiger partial charge in [0.15, 0.2) is 0 Å². The van der Waals surface area contributed by atoms with Crippen LogP contribution >= 0.6 is 0 Å². The number of carbonyl (C=O) groups is 2. The van der Waals surface area contributed by atoms with Gasteiger partial charge in [-0.2, -0.15) is 0 Å². The van der Waals surface area contributed by atoms with E-state index in [2.05, 4.69) is 0 Å². The zero-order chi connectivity index (χ0) is 15.5. The Kier molecular flexibility index (Phi) is 4.46. The van der Waals surface area contributed by atoms with Gasteiger partial charge in [-0.05, 0) is 31.9 Å². The molecule has 1 aliphatic carbocycles. The van der Waals surface area contributed by atoms with E-state index in [4.69, 9.17) is 0 Å². The van der Waals surface area contributed by atoms with E-state index in [1.807, 2.05) is 42.2 Å². The average Bonchev–Trinajstić information content (AvgIpc) is 3.18. The molecule has 3 rings (SSSR count). The minimum absolute atomic E-state index is 0.0857. The molecule has 1 saturated heterocycles. The third kappa shape index (κ3) is 2.87. The summed E-state index contributed by atoms with van der Waals surface area (Å²) in [5, 5.41) is 0. The minimum Gasteiger partial charge on any atom is -0.339 e. The molecule has 2 aliphatic rings. The molecule has 2 fully saturated rings. The predicted molar refractivity (Wildman–Crippen MR) is 86.5 cm³/mol. The Morgan fingerprint density at radius 2 is 1.91 bits per heavy atom. The molecule has 4 nitrogen and oxygen atoms in total. The van der Waals surface area contributed by atoms with Gasteiger partial charge in [-0.3, -0.25) is 9.59 Å². The third-order valence-electron chi connectivity index (χ3n) is 4.92. The number of carbonyl (C=O) groups excluding carboxylic acids is 2. The first-order valence-electron chi connectivity index (χ1n) is 8.36. The Labute approximate surface area is 132 Å². The Morgan fingerprint density at radius 1 is 1.23 bits per heavy atom. The van der Waals surface area contributed by atoms with Crippen LogP contribution in [-0.2, 0) is 9.59 Å². The fourth-order valence-electron chi connectivity index (χ4n) is 3.76. The molecule has 1 aromatic carbocycles. The summed E-state index contributed by atoms with van der Waals surface area (Å²) in [5.74, 6) is 0.0603. The van der Waals surface area contributed by atoms with Crippen molar-refractivity contribution in [2.24, 2.45) is 5.92 Å². The highest BCUT2D eigenvalue weighted by atomic mass is 16.2. The maximum Gasteiger partial charge on any atom is 0.232 e. The first-order chi connectivity index (χ1) is 10.7. The average molecular weight is 300 g/mol. The Morgan fingerprint density at radius 3 is 2.55 bits per heavy atom. The molecule has 1 heterocycles. The van der Waals surface area contributed by atoms with Gasteiger partial charge < -0.3 is 9.80 Å². The van der Waals surface area contributed by atoms with E-state index in [0.29, 0.717) is 25.6 Å². The van der Waals surface area contributed by atoms with Crippen molar-refractivity contribution in [2.75, 3.05) is 18.0 Å². The Hall–Kier alpha value is -1.84. The fraction of sp³-hybridized carbons (Fsp3) is 0.556. The van der Waals surface area contributed by atoms with E-state index in [0.717, 1.165) is 18.5 Å². The first kappa shape index (κ1) is 15.1. The summed E-state index contributed by atoms with van der Waals surface area (Å²) in [6, 6.07) is 10.1. The molecule has 0 radical (unpaired) electrons. The van der Waals surface area contributed by atoms with Crippen LogP contribution in [0.5, 0.6) is 0 Å². The van der Waals surface area contributed by atoms with E-state index in [1.165, 1.54) is 12.8 Å². The van der Waals surface area contributed by atoms with Crippen LogP contribution in [0.25, 0.3) is 0 Å². The van der Waals surface area contributed by atoms with Crippen LogP contribution < -0.4 is 4.90 Å². The number of benzene rings is 1. The lowest BCUT2D eigenvalue weighted by Crippen LogP contribution is -2.39. The monoisotopic (exact) mass is 300 g/mol. The molecule has 0 aromatic heterocycles. The third-order valence-corrected chi connectivity index (χ3v) is 4.92. The lowest BCUT2D eigenvalue weighted by atomic mass is 10.1. The van der Waals surface area contributed by atoms with Crippen molar-refractivity contribution in [3.05, 3.63) is 30.3 Å². The molecular weight excluding hydrogens is 276 g/mol. The maximum atomic E-state index is 12.8. The second kappa shape index (κ2) is 6.51. The molecule has 0 spiro atoms. The molecular formula is C18H24N2O2. The van der Waals surface area contributed by atoms with Gasteiger partial charge in [-0.25, -0.2) is 0 Å². The Balaban J connectivity index is 1.71. The van der Waals surface area contributed by atoms with Crippen molar-refractivity contribution in [1.29, 1.82) is 0 Å². The minimum atomic E-state index is -0.187. The van der Waals surface area contributed by atoms with Gasteiger partial charge in [0, 0.05) is 31.2 Å². The number of anilines is 1. The van der Waals surface area contributed by atoms with Crippen molar-refractivity contribution in [3.8, 4) is 0 Å². The molecule has 118 valence electrons. The molecule has 1 aliphatic heterocycles. The molecule has 0 unspecified atom stereocenters. The first-order valence-corrected chi connectivity index (χ1v) is 8.36. The number of hydrogen-bond donors (Lipinski definition) is 0. The van der Waals surface area contributed by atoms with Crippen LogP contribution in [0.15, 0.2) is 30.3 Å². The zero-order valence-electron chi connectivity index (χ0n) is 13.2. The van der Waals surface area contributed by atoms with Crippen molar-refractivity contribution in [2.45, 2.75) is 45.1 Å². The zero-order valence-corrected chi connectivity index (χ0v) is 13.2. The lowest BCUT2D eigenvalue weighted by Gasteiger charge is -2.26. The second-order valence-corrected chi connectivity index (χ2v) is 6.30. The summed E-state index contributed by atoms with van der Waals surface area (Å²) in [4.78, 5) is 28.9. The molecule has 0 bridgehead atoms. The highest BCUT2D eigenvalue weighted by Gasteiger charge is 2.40. The molecule has 2 amide bonds. The molecule has 1 aromatic rings. The van der Waals surface area contributed by atoms with Gasteiger partial charge in [0.25, 0.3) is 0 Å². The van der Waals surface area contributed by atoms with Gasteiger partial charge >= 0.3 is 0 Å². The number of nitrogens with zero attached hydrogens (tertiary/aromatic N) is 2. The summed E-state index contributed by atoms with van der Waals surface area (Å²) in [6.07, 6.45) is 4.99. The van der Waals surface area contributed by atoms with E-state index in [-0.39, 0.29) is 17.7 Å². The lowest BCUT2D eigenvalue weighted by molar-refractivity contribution is -0.130. The molecule has 1 saturated carbocycles. The van der Waals surface area contributed by atoms with Crippen molar-refractivity contribution in [1.82, 2.24) is 4.90 Å². The highest BCUT2D eigenvalue weighted by molar-refractivity contribution is 5.99. The molecule has 22 heavy (non-hydrogen) atoms. The number of para-hydroxylation sites is 1. The van der Waals surface area contributed by atoms with Crippen LogP contribution in [-0.4, -0.2) is 35.8 Å². The second-order valence-electron chi connectivity index (χ2n) is 6.30. The summed E-state index contributed by atoms with van der Waals surface area (Å²) in [7, 11) is 0. The van der Waals surface area contributed by atoms with Gasteiger partial charge in [0.1, 0.15) is 0 Å². The molecule has 1 atom stereocenters. The molecule has 4 heteroatoms. The van der Waals surface area contributed by atoms with E-state index in [1.54, 1.807) is 4.90 Å². The van der Waals surface area contributed by atoms with E-state index >= 15 is 0 Å². The van der Waals surface area contributed by atoms with E-state index < -0.39 is 0 Å². The smallest absolute Gasteiger partial charge is 0.232 e. The van der Waals surface area contributed by atoms with Crippen molar-refractivity contribution in [3.63, 3.8) is 0 Å². The summed E-state index contributed by atoms with van der Waals surface area (Å²) >= 11 is 0. The number of likely N-dealkylation sites (tertiary alicyclic amines) is 1. The number of rotatable bonds is 4. The summed E-state index contributed by atoms with van der Waals surface area (Å²) in [6.45, 7) is 3.22. The quantitative estimate of drug-likeness (QED) is 0.858. The normalized spacial score (nSPS) is 22.3. The van der Waals surface area contributed by atoms with Gasteiger partial charge in [0.2, 0.25) is 11.8 Å². The van der Waals surface area contributed by atoms with Crippen LogP contribution in [0.4, 0.5) is 5.69 Å². The van der Waals surface area contributed by atoms with Gasteiger partial charge in [-0.15, -0.1) is 0 Å². The van der Waals surface area contributed by atoms with Crippen molar-refractivity contribution >= 4 is 17.5 Å². The van der Waals surface area contributed by atoms with Crippen LogP contribution in [0.1, 0.15) is 39.0 Å². The van der Waals surface area contributed by atoms with Crippen LogP contribution in [0.3, 0.4) is 0 Å². The summed E-state index contributed by atoms with van der Waals surface area (Å²) < 4.78 is 0.